The van der Waals surface area contributed by atoms with Gasteiger partial charge in [-0.05, 0) is 33.8 Å². The summed E-state index contributed by atoms with van der Waals surface area (Å²) in [5.41, 5.74) is 3.09. The first-order valence-electron chi connectivity index (χ1n) is 8.65. The fourth-order valence-corrected chi connectivity index (χ4v) is 3.18. The van der Waals surface area contributed by atoms with Crippen LogP contribution in [0.2, 0.25) is 0 Å². The number of aromatic nitrogens is 3. The zero-order valence-electron chi connectivity index (χ0n) is 15.5. The molecule has 3 aromatic rings. The zero-order chi connectivity index (χ0) is 18.9. The van der Waals surface area contributed by atoms with Crippen molar-refractivity contribution in [3.63, 3.8) is 0 Å². The maximum atomic E-state index is 10.1. The summed E-state index contributed by atoms with van der Waals surface area (Å²) >= 11 is 0. The minimum atomic E-state index is -0.812. The van der Waals surface area contributed by atoms with Crippen LogP contribution in [0.3, 0.4) is 0 Å². The number of nitriles is 1. The number of nitrogens with zero attached hydrogens (tertiary/aromatic N) is 4. The molecule has 0 aliphatic rings. The fourth-order valence-electron chi connectivity index (χ4n) is 3.18. The molecule has 0 bridgehead atoms. The Morgan fingerprint density at radius 3 is 2.73 bits per heavy atom. The number of rotatable bonds is 5. The Morgan fingerprint density at radius 2 is 2.12 bits per heavy atom. The van der Waals surface area contributed by atoms with Crippen molar-refractivity contribution in [1.29, 1.82) is 5.26 Å². The summed E-state index contributed by atoms with van der Waals surface area (Å²) in [5.74, 6) is 0.774. The third-order valence-corrected chi connectivity index (χ3v) is 4.29. The summed E-state index contributed by atoms with van der Waals surface area (Å²) < 4.78 is 0. The van der Waals surface area contributed by atoms with E-state index in [9.17, 15) is 10.4 Å². The molecule has 26 heavy (non-hydrogen) atoms. The highest BCUT2D eigenvalue weighted by molar-refractivity contribution is 5.97. The molecule has 0 aliphatic carbocycles. The fraction of sp³-hybridized carbons (Fsp3) is 0.350. The number of aliphatic hydroxyl groups is 1. The van der Waals surface area contributed by atoms with Gasteiger partial charge >= 0.3 is 0 Å². The minimum Gasteiger partial charge on any atom is -0.389 e. The van der Waals surface area contributed by atoms with Crippen LogP contribution in [0.1, 0.15) is 32.0 Å². The van der Waals surface area contributed by atoms with Crippen molar-refractivity contribution in [3.05, 3.63) is 41.9 Å². The van der Waals surface area contributed by atoms with Crippen molar-refractivity contribution in [3.8, 4) is 17.3 Å². The van der Waals surface area contributed by atoms with Gasteiger partial charge in [0, 0.05) is 30.2 Å². The lowest BCUT2D eigenvalue weighted by Gasteiger charge is -2.29. The average Bonchev–Trinajstić information content (AvgIpc) is 3.03. The van der Waals surface area contributed by atoms with E-state index < -0.39 is 5.60 Å². The summed E-state index contributed by atoms with van der Waals surface area (Å²) in [6.07, 6.45) is 3.61. The predicted molar refractivity (Wildman–Crippen MR) is 103 cm³/mol. The molecule has 0 fully saturated rings. The van der Waals surface area contributed by atoms with Gasteiger partial charge in [0.2, 0.25) is 0 Å². The van der Waals surface area contributed by atoms with Crippen molar-refractivity contribution in [2.45, 2.75) is 33.3 Å². The summed E-state index contributed by atoms with van der Waals surface area (Å²) in [7, 11) is 0. The number of nitrogens with one attached hydrogen (secondary N) is 1. The molecule has 6 heteroatoms. The van der Waals surface area contributed by atoms with Crippen molar-refractivity contribution in [1.82, 2.24) is 15.0 Å². The highest BCUT2D eigenvalue weighted by Crippen LogP contribution is 2.30. The van der Waals surface area contributed by atoms with Crippen LogP contribution in [-0.4, -0.2) is 38.7 Å². The molecule has 0 radical (unpaired) electrons. The number of anilines is 1. The molecule has 2 N–H and O–H groups in total. The largest absolute Gasteiger partial charge is 0.389 e. The second-order valence-corrected chi connectivity index (χ2v) is 7.03. The van der Waals surface area contributed by atoms with Gasteiger partial charge in [-0.25, -0.2) is 9.97 Å². The van der Waals surface area contributed by atoms with Gasteiger partial charge in [-0.15, -0.1) is 0 Å². The van der Waals surface area contributed by atoms with Gasteiger partial charge in [0.25, 0.3) is 0 Å². The molecule has 0 amide bonds. The normalized spacial score (nSPS) is 11.5. The number of fused-ring (bicyclic) bond motifs is 1. The number of benzene rings is 1. The zero-order valence-corrected chi connectivity index (χ0v) is 15.5. The smallest absolute Gasteiger partial charge is 0.150 e. The molecular formula is C20H23N5O. The van der Waals surface area contributed by atoms with Crippen LogP contribution in [0.25, 0.3) is 22.2 Å². The molecular weight excluding hydrogens is 326 g/mol. The first kappa shape index (κ1) is 17.9. The van der Waals surface area contributed by atoms with Crippen LogP contribution in [0.15, 0.2) is 30.6 Å². The third kappa shape index (κ3) is 3.39. The Morgan fingerprint density at radius 1 is 1.35 bits per heavy atom. The number of aryl methyl sites for hydroxylation is 1. The van der Waals surface area contributed by atoms with E-state index in [2.05, 4.69) is 16.0 Å². The van der Waals surface area contributed by atoms with Gasteiger partial charge in [-0.2, -0.15) is 5.26 Å². The van der Waals surface area contributed by atoms with Crippen LogP contribution in [0.5, 0.6) is 0 Å². The SMILES string of the molecule is CCN(CC(C)(C)O)c1ncc(-c2c[nH]c3c(C#N)cccc23)nc1C. The Labute approximate surface area is 153 Å². The maximum Gasteiger partial charge on any atom is 0.150 e. The molecule has 6 nitrogen and oxygen atoms in total. The molecule has 0 saturated heterocycles. The highest BCUT2D eigenvalue weighted by atomic mass is 16.3. The van der Waals surface area contributed by atoms with Crippen molar-refractivity contribution < 1.29 is 5.11 Å². The first-order chi connectivity index (χ1) is 12.3. The molecule has 2 heterocycles. The van der Waals surface area contributed by atoms with Crippen molar-refractivity contribution in [2.75, 3.05) is 18.0 Å². The van der Waals surface area contributed by atoms with E-state index in [1.807, 2.05) is 37.1 Å². The molecule has 2 aromatic heterocycles. The second-order valence-electron chi connectivity index (χ2n) is 7.03. The van der Waals surface area contributed by atoms with Crippen molar-refractivity contribution >= 4 is 16.7 Å². The molecule has 0 saturated carbocycles. The Bertz CT molecular complexity index is 978. The van der Waals surface area contributed by atoms with Gasteiger partial charge in [-0.3, -0.25) is 0 Å². The van der Waals surface area contributed by atoms with E-state index in [1.165, 1.54) is 0 Å². The molecule has 134 valence electrons. The van der Waals surface area contributed by atoms with E-state index in [0.29, 0.717) is 12.1 Å². The van der Waals surface area contributed by atoms with Crippen LogP contribution in [0.4, 0.5) is 5.82 Å². The van der Waals surface area contributed by atoms with E-state index in [1.54, 1.807) is 26.1 Å². The predicted octanol–water partition coefficient (Wildman–Crippen LogP) is 3.40. The lowest BCUT2D eigenvalue weighted by molar-refractivity contribution is 0.0874. The van der Waals surface area contributed by atoms with Gasteiger partial charge in [0.15, 0.2) is 0 Å². The Balaban J connectivity index is 2.02. The number of H-pyrrole nitrogens is 1. The van der Waals surface area contributed by atoms with E-state index in [0.717, 1.165) is 40.2 Å². The number of para-hydroxylation sites is 1. The molecule has 1 aromatic carbocycles. The Kier molecular flexibility index (Phi) is 4.66. The van der Waals surface area contributed by atoms with E-state index in [-0.39, 0.29) is 0 Å². The number of aromatic amines is 1. The van der Waals surface area contributed by atoms with Gasteiger partial charge in [0.1, 0.15) is 11.9 Å². The standard InChI is InChI=1S/C20H23N5O/c1-5-25(12-20(3,4)26)19-13(2)24-17(11-23-19)16-10-22-18-14(9-21)7-6-8-15(16)18/h6-8,10-11,22,26H,5,12H2,1-4H3. The third-order valence-electron chi connectivity index (χ3n) is 4.29. The van der Waals surface area contributed by atoms with Crippen LogP contribution >= 0.6 is 0 Å². The van der Waals surface area contributed by atoms with Gasteiger partial charge in [0.05, 0.1) is 34.3 Å². The molecule has 0 aliphatic heterocycles. The monoisotopic (exact) mass is 349 g/mol. The average molecular weight is 349 g/mol. The second kappa shape index (κ2) is 6.77. The van der Waals surface area contributed by atoms with Crippen LogP contribution < -0.4 is 4.90 Å². The lowest BCUT2D eigenvalue weighted by atomic mass is 10.1. The summed E-state index contributed by atoms with van der Waals surface area (Å²) in [5, 5.41) is 20.3. The summed E-state index contributed by atoms with van der Waals surface area (Å²) in [6.45, 7) is 8.74. The van der Waals surface area contributed by atoms with Crippen molar-refractivity contribution in [2.24, 2.45) is 0 Å². The summed E-state index contributed by atoms with van der Waals surface area (Å²) in [6, 6.07) is 7.83. The number of hydrogen-bond acceptors (Lipinski definition) is 5. The van der Waals surface area contributed by atoms with E-state index in [4.69, 9.17) is 4.98 Å². The Hall–Kier alpha value is -2.91. The number of likely N-dealkylation sites (N-methyl/N-ethyl adjacent to an activating group) is 1. The van der Waals surface area contributed by atoms with Crippen LogP contribution in [-0.2, 0) is 0 Å². The topological polar surface area (TPSA) is 88.8 Å². The number of hydrogen-bond donors (Lipinski definition) is 2. The summed E-state index contributed by atoms with van der Waals surface area (Å²) in [4.78, 5) is 14.5. The van der Waals surface area contributed by atoms with Gasteiger partial charge < -0.3 is 15.0 Å². The minimum absolute atomic E-state index is 0.483. The maximum absolute atomic E-state index is 10.1. The quantitative estimate of drug-likeness (QED) is 0.737. The van der Waals surface area contributed by atoms with Gasteiger partial charge in [-0.1, -0.05) is 12.1 Å². The molecule has 0 atom stereocenters. The first-order valence-corrected chi connectivity index (χ1v) is 8.65. The van der Waals surface area contributed by atoms with Crippen LogP contribution in [0, 0.1) is 18.3 Å². The highest BCUT2D eigenvalue weighted by Gasteiger charge is 2.21. The lowest BCUT2D eigenvalue weighted by Crippen LogP contribution is -2.39. The molecule has 0 spiro atoms. The molecule has 0 unspecified atom stereocenters. The molecule has 3 rings (SSSR count). The van der Waals surface area contributed by atoms with E-state index >= 15 is 0 Å².